The van der Waals surface area contributed by atoms with Crippen molar-refractivity contribution in [2.45, 2.75) is 77.5 Å². The van der Waals surface area contributed by atoms with Gasteiger partial charge in [-0.05, 0) is 79.8 Å². The Labute approximate surface area is 209 Å². The summed E-state index contributed by atoms with van der Waals surface area (Å²) in [5, 5.41) is 7.54. The van der Waals surface area contributed by atoms with E-state index < -0.39 is 0 Å². The zero-order chi connectivity index (χ0) is 24.1. The molecule has 0 radical (unpaired) electrons. The summed E-state index contributed by atoms with van der Waals surface area (Å²) in [6.07, 6.45) is 10.9. The van der Waals surface area contributed by atoms with Crippen LogP contribution in [0.25, 0.3) is 0 Å². The van der Waals surface area contributed by atoms with E-state index in [-0.39, 0.29) is 24.0 Å². The summed E-state index contributed by atoms with van der Waals surface area (Å²) < 4.78 is 8.76. The fourth-order valence-electron chi connectivity index (χ4n) is 4.93. The Hall–Kier alpha value is -2.42. The molecule has 34 heavy (non-hydrogen) atoms. The largest absolute Gasteiger partial charge is 0.474 e. The van der Waals surface area contributed by atoms with Gasteiger partial charge in [-0.25, -0.2) is 4.98 Å². The molecule has 2 fully saturated rings. The molecule has 1 aliphatic carbocycles. The lowest BCUT2D eigenvalue weighted by atomic mass is 9.85. The molecule has 2 amide bonds. The molecule has 0 bridgehead atoms. The first-order chi connectivity index (χ1) is 16.4. The Balaban J connectivity index is 1.23. The molecular weight excluding hydrogens is 498 g/mol. The zero-order valence-electron chi connectivity index (χ0n) is 20.0. The second kappa shape index (κ2) is 11.3. The summed E-state index contributed by atoms with van der Waals surface area (Å²) in [6, 6.07) is 4.11. The molecule has 2 aliphatic rings. The van der Waals surface area contributed by atoms with E-state index in [4.69, 9.17) is 4.74 Å². The quantitative estimate of drug-likeness (QED) is 0.580. The Morgan fingerprint density at radius 3 is 2.59 bits per heavy atom. The van der Waals surface area contributed by atoms with Gasteiger partial charge in [0.1, 0.15) is 6.10 Å². The smallest absolute Gasteiger partial charge is 0.275 e. The van der Waals surface area contributed by atoms with Crippen molar-refractivity contribution in [3.8, 4) is 5.88 Å². The van der Waals surface area contributed by atoms with Crippen LogP contribution in [-0.2, 0) is 11.3 Å². The monoisotopic (exact) mass is 531 g/mol. The third kappa shape index (κ3) is 6.37. The maximum absolute atomic E-state index is 13.0. The fraction of sp³-hybridized carbons (Fsp3) is 0.600. The second-order valence-corrected chi connectivity index (χ2v) is 10.4. The Kier molecular flexibility index (Phi) is 8.24. The molecule has 0 unspecified atom stereocenters. The summed E-state index contributed by atoms with van der Waals surface area (Å²) in [5.41, 5.74) is 1.55. The van der Waals surface area contributed by atoms with Crippen molar-refractivity contribution in [3.05, 3.63) is 40.3 Å². The van der Waals surface area contributed by atoms with Gasteiger partial charge < -0.3 is 15.0 Å². The number of ether oxygens (including phenoxy) is 1. The number of piperidine rings is 1. The van der Waals surface area contributed by atoms with E-state index in [0.717, 1.165) is 67.4 Å². The van der Waals surface area contributed by atoms with E-state index in [2.05, 4.69) is 31.3 Å². The normalized spacial score (nSPS) is 21.3. The van der Waals surface area contributed by atoms with Gasteiger partial charge in [-0.1, -0.05) is 6.07 Å². The van der Waals surface area contributed by atoms with Crippen molar-refractivity contribution in [2.75, 3.05) is 13.1 Å². The molecule has 4 rings (SSSR count). The molecule has 0 spiro atoms. The Morgan fingerprint density at radius 2 is 1.91 bits per heavy atom. The van der Waals surface area contributed by atoms with E-state index in [1.54, 1.807) is 6.20 Å². The lowest BCUT2D eigenvalue weighted by Crippen LogP contribution is -2.46. The number of nitrogens with one attached hydrogen (secondary N) is 1. The van der Waals surface area contributed by atoms with Crippen molar-refractivity contribution in [2.24, 2.45) is 5.92 Å². The van der Waals surface area contributed by atoms with Crippen LogP contribution in [0.5, 0.6) is 5.88 Å². The number of nitrogens with zero attached hydrogens (tertiary/aromatic N) is 4. The first-order valence-corrected chi connectivity index (χ1v) is 13.1. The SMILES string of the molecule is CC(=O)NC1CCN(C(=O)c2nn(CC[C@H]3CC[C@@H](Oc4ncccc4C)CC3)cc2Br)CC1. The minimum Gasteiger partial charge on any atom is -0.474 e. The highest BCUT2D eigenvalue weighted by Gasteiger charge is 2.28. The molecule has 1 N–H and O–H groups in total. The Morgan fingerprint density at radius 1 is 1.18 bits per heavy atom. The summed E-state index contributed by atoms with van der Waals surface area (Å²) in [6.45, 7) is 5.62. The van der Waals surface area contributed by atoms with Crippen LogP contribution >= 0.6 is 15.9 Å². The van der Waals surface area contributed by atoms with E-state index in [9.17, 15) is 9.59 Å². The first kappa shape index (κ1) is 24.7. The van der Waals surface area contributed by atoms with Gasteiger partial charge in [0.05, 0.1) is 4.47 Å². The summed E-state index contributed by atoms with van der Waals surface area (Å²) in [4.78, 5) is 30.4. The summed E-state index contributed by atoms with van der Waals surface area (Å²) in [5.74, 6) is 1.33. The molecular formula is C25H34BrN5O3. The van der Waals surface area contributed by atoms with E-state index in [1.807, 2.05) is 34.8 Å². The number of amides is 2. The number of halogens is 1. The van der Waals surface area contributed by atoms with Gasteiger partial charge >= 0.3 is 0 Å². The minimum absolute atomic E-state index is 0.0180. The molecule has 1 aliphatic heterocycles. The predicted octanol–water partition coefficient (Wildman–Crippen LogP) is 4.12. The molecule has 8 nitrogen and oxygen atoms in total. The van der Waals surface area contributed by atoms with Crippen LogP contribution in [0.4, 0.5) is 0 Å². The highest BCUT2D eigenvalue weighted by molar-refractivity contribution is 9.10. The number of aromatic nitrogens is 3. The van der Waals surface area contributed by atoms with Crippen molar-refractivity contribution in [3.63, 3.8) is 0 Å². The number of carbonyl (C=O) groups is 2. The third-order valence-electron chi connectivity index (χ3n) is 6.91. The van der Waals surface area contributed by atoms with Crippen molar-refractivity contribution >= 4 is 27.7 Å². The van der Waals surface area contributed by atoms with Crippen LogP contribution in [0.2, 0.25) is 0 Å². The topological polar surface area (TPSA) is 89.4 Å². The standard InChI is InChI=1S/C25H34BrN5O3/c1-17-4-3-12-27-24(17)34-21-7-5-19(6-8-21)9-15-31-16-22(26)23(29-31)25(33)30-13-10-20(11-14-30)28-18(2)32/h3-4,12,16,19-21H,5-11,13-15H2,1-2H3,(H,28,32)/t19-,21+. The van der Waals surface area contributed by atoms with Crippen LogP contribution in [0, 0.1) is 12.8 Å². The summed E-state index contributed by atoms with van der Waals surface area (Å²) >= 11 is 3.53. The molecule has 1 saturated heterocycles. The molecule has 0 aromatic carbocycles. The number of hydrogen-bond donors (Lipinski definition) is 1. The first-order valence-electron chi connectivity index (χ1n) is 12.3. The van der Waals surface area contributed by atoms with E-state index in [1.165, 1.54) is 6.92 Å². The van der Waals surface area contributed by atoms with Gasteiger partial charge in [0, 0.05) is 50.6 Å². The van der Waals surface area contributed by atoms with Crippen LogP contribution < -0.4 is 10.1 Å². The third-order valence-corrected chi connectivity index (χ3v) is 7.49. The number of likely N-dealkylation sites (tertiary alicyclic amines) is 1. The van der Waals surface area contributed by atoms with Gasteiger partial charge in [0.15, 0.2) is 5.69 Å². The van der Waals surface area contributed by atoms with Crippen LogP contribution in [-0.4, -0.2) is 56.7 Å². The average Bonchev–Trinajstić information content (AvgIpc) is 3.20. The van der Waals surface area contributed by atoms with Gasteiger partial charge in [-0.15, -0.1) is 0 Å². The molecule has 9 heteroatoms. The van der Waals surface area contributed by atoms with Gasteiger partial charge in [0.25, 0.3) is 5.91 Å². The molecule has 184 valence electrons. The number of carbonyl (C=O) groups excluding carboxylic acids is 2. The molecule has 2 aromatic rings. The number of rotatable bonds is 7. The average molecular weight is 532 g/mol. The predicted molar refractivity (Wildman–Crippen MR) is 133 cm³/mol. The summed E-state index contributed by atoms with van der Waals surface area (Å²) in [7, 11) is 0. The number of aryl methyl sites for hydroxylation is 2. The number of pyridine rings is 1. The number of hydrogen-bond acceptors (Lipinski definition) is 5. The van der Waals surface area contributed by atoms with Gasteiger partial charge in [-0.3, -0.25) is 14.3 Å². The van der Waals surface area contributed by atoms with Crippen molar-refractivity contribution < 1.29 is 14.3 Å². The van der Waals surface area contributed by atoms with Crippen LogP contribution in [0.3, 0.4) is 0 Å². The zero-order valence-corrected chi connectivity index (χ0v) is 21.6. The maximum atomic E-state index is 13.0. The van der Waals surface area contributed by atoms with Crippen LogP contribution in [0.15, 0.2) is 29.0 Å². The lowest BCUT2D eigenvalue weighted by Gasteiger charge is -2.31. The van der Waals surface area contributed by atoms with Crippen molar-refractivity contribution in [1.29, 1.82) is 0 Å². The lowest BCUT2D eigenvalue weighted by molar-refractivity contribution is -0.119. The van der Waals surface area contributed by atoms with Gasteiger partial charge in [0.2, 0.25) is 11.8 Å². The maximum Gasteiger partial charge on any atom is 0.275 e. The van der Waals surface area contributed by atoms with E-state index >= 15 is 0 Å². The molecule has 1 saturated carbocycles. The second-order valence-electron chi connectivity index (χ2n) is 9.53. The molecule has 2 aromatic heterocycles. The molecule has 3 heterocycles. The van der Waals surface area contributed by atoms with Crippen LogP contribution in [0.1, 0.15) is 67.9 Å². The Bertz CT molecular complexity index is 994. The van der Waals surface area contributed by atoms with Gasteiger partial charge in [-0.2, -0.15) is 5.10 Å². The fourth-order valence-corrected chi connectivity index (χ4v) is 5.41. The van der Waals surface area contributed by atoms with Crippen molar-refractivity contribution in [1.82, 2.24) is 25.0 Å². The molecule has 0 atom stereocenters. The highest BCUT2D eigenvalue weighted by atomic mass is 79.9. The highest BCUT2D eigenvalue weighted by Crippen LogP contribution is 2.30. The minimum atomic E-state index is -0.0469. The van der Waals surface area contributed by atoms with E-state index in [0.29, 0.717) is 24.7 Å².